The molecular weight excluding hydrogens is 320 g/mol. The minimum absolute atomic E-state index is 0.0898. The quantitative estimate of drug-likeness (QED) is 0.897. The van der Waals surface area contributed by atoms with Gasteiger partial charge in [0.05, 0.1) is 10.9 Å². The van der Waals surface area contributed by atoms with Gasteiger partial charge in [-0.15, -0.1) is 11.8 Å². The van der Waals surface area contributed by atoms with Crippen LogP contribution in [-0.4, -0.2) is 35.1 Å². The van der Waals surface area contributed by atoms with Gasteiger partial charge in [0, 0.05) is 29.4 Å². The van der Waals surface area contributed by atoms with Gasteiger partial charge in [0.15, 0.2) is 0 Å². The van der Waals surface area contributed by atoms with Crippen molar-refractivity contribution in [3.8, 4) is 0 Å². The van der Waals surface area contributed by atoms with Crippen molar-refractivity contribution in [1.82, 2.24) is 4.90 Å². The Bertz CT molecular complexity index is 586. The van der Waals surface area contributed by atoms with Gasteiger partial charge < -0.3 is 10.2 Å². The van der Waals surface area contributed by atoms with Crippen LogP contribution in [0.15, 0.2) is 23.1 Å². The third-order valence-electron chi connectivity index (χ3n) is 4.08. The Labute approximate surface area is 139 Å². The van der Waals surface area contributed by atoms with Gasteiger partial charge in [-0.25, -0.2) is 0 Å². The molecule has 0 aliphatic carbocycles. The summed E-state index contributed by atoms with van der Waals surface area (Å²) in [5.74, 6) is -0.0186. The van der Waals surface area contributed by atoms with Gasteiger partial charge in [-0.3, -0.25) is 9.59 Å². The number of amides is 2. The van der Waals surface area contributed by atoms with E-state index >= 15 is 0 Å². The second-order valence-electron chi connectivity index (χ2n) is 5.74. The lowest BCUT2D eigenvalue weighted by Crippen LogP contribution is -2.38. The van der Waals surface area contributed by atoms with Crippen LogP contribution in [0.3, 0.4) is 0 Å². The zero-order valence-electron chi connectivity index (χ0n) is 12.3. The van der Waals surface area contributed by atoms with Crippen LogP contribution in [0.2, 0.25) is 5.02 Å². The maximum Gasteiger partial charge on any atom is 0.238 e. The number of anilines is 1. The van der Waals surface area contributed by atoms with Crippen molar-refractivity contribution < 1.29 is 9.59 Å². The number of fused-ring (bicyclic) bond motifs is 1. The third-order valence-corrected chi connectivity index (χ3v) is 5.59. The maximum absolute atomic E-state index is 12.4. The van der Waals surface area contributed by atoms with E-state index in [-0.39, 0.29) is 23.5 Å². The van der Waals surface area contributed by atoms with Crippen molar-refractivity contribution in [2.75, 3.05) is 18.4 Å². The lowest BCUT2D eigenvalue weighted by Gasteiger charge is -2.26. The molecule has 0 spiro atoms. The molecule has 1 saturated heterocycles. The summed E-state index contributed by atoms with van der Waals surface area (Å²) in [6.45, 7) is 1.65. The molecule has 2 aliphatic heterocycles. The molecule has 2 aliphatic rings. The smallest absolute Gasteiger partial charge is 0.238 e. The molecule has 0 radical (unpaired) electrons. The summed E-state index contributed by atoms with van der Waals surface area (Å²) in [4.78, 5) is 27.5. The van der Waals surface area contributed by atoms with Crippen molar-refractivity contribution in [3.63, 3.8) is 0 Å². The molecule has 118 valence electrons. The van der Waals surface area contributed by atoms with Crippen LogP contribution in [0.1, 0.15) is 32.1 Å². The summed E-state index contributed by atoms with van der Waals surface area (Å²) < 4.78 is 0. The summed E-state index contributed by atoms with van der Waals surface area (Å²) in [5.41, 5.74) is 0.737. The second kappa shape index (κ2) is 6.92. The van der Waals surface area contributed by atoms with Gasteiger partial charge >= 0.3 is 0 Å². The number of nitrogens with one attached hydrogen (secondary N) is 1. The topological polar surface area (TPSA) is 49.4 Å². The highest BCUT2D eigenvalue weighted by Gasteiger charge is 2.30. The SMILES string of the molecule is O=C1Nc2cc(Cl)ccc2SC1CC(=O)N1CCCCCC1. The molecular formula is C16H19ClN2O2S. The molecule has 4 nitrogen and oxygen atoms in total. The van der Waals surface area contributed by atoms with E-state index in [1.54, 1.807) is 12.1 Å². The molecule has 1 unspecified atom stereocenters. The highest BCUT2D eigenvalue weighted by molar-refractivity contribution is 8.01. The average Bonchev–Trinajstić information content (AvgIpc) is 2.77. The summed E-state index contributed by atoms with van der Waals surface area (Å²) in [5, 5.41) is 3.10. The molecule has 6 heteroatoms. The fourth-order valence-electron chi connectivity index (χ4n) is 2.86. The van der Waals surface area contributed by atoms with E-state index < -0.39 is 0 Å². The number of nitrogens with zero attached hydrogens (tertiary/aromatic N) is 1. The Balaban J connectivity index is 1.66. The first-order chi connectivity index (χ1) is 10.6. The largest absolute Gasteiger partial charge is 0.343 e. The fourth-order valence-corrected chi connectivity index (χ4v) is 4.12. The van der Waals surface area contributed by atoms with E-state index in [0.717, 1.165) is 36.5 Å². The van der Waals surface area contributed by atoms with Crippen LogP contribution < -0.4 is 5.32 Å². The average molecular weight is 339 g/mol. The van der Waals surface area contributed by atoms with Crippen LogP contribution in [0, 0.1) is 0 Å². The molecule has 22 heavy (non-hydrogen) atoms. The molecule has 1 N–H and O–H groups in total. The fraction of sp³-hybridized carbons (Fsp3) is 0.500. The number of carbonyl (C=O) groups excluding carboxylic acids is 2. The van der Waals surface area contributed by atoms with Crippen LogP contribution in [0.5, 0.6) is 0 Å². The number of benzene rings is 1. The Morgan fingerprint density at radius 3 is 2.73 bits per heavy atom. The summed E-state index contributed by atoms with van der Waals surface area (Å²) in [6, 6.07) is 5.44. The molecule has 2 amide bonds. The van der Waals surface area contributed by atoms with E-state index in [4.69, 9.17) is 11.6 Å². The lowest BCUT2D eigenvalue weighted by molar-refractivity contribution is -0.132. The minimum Gasteiger partial charge on any atom is -0.343 e. The number of rotatable bonds is 2. The standard InChI is InChI=1S/C16H19ClN2O2S/c17-11-5-6-13-12(9-11)18-16(21)14(22-13)10-15(20)19-7-3-1-2-4-8-19/h5-6,9,14H,1-4,7-8,10H2,(H,18,21). The Hall–Kier alpha value is -1.20. The van der Waals surface area contributed by atoms with Crippen molar-refractivity contribution in [2.45, 2.75) is 42.2 Å². The monoisotopic (exact) mass is 338 g/mol. The highest BCUT2D eigenvalue weighted by atomic mass is 35.5. The number of likely N-dealkylation sites (tertiary alicyclic amines) is 1. The Morgan fingerprint density at radius 2 is 2.00 bits per heavy atom. The van der Waals surface area contributed by atoms with Crippen LogP contribution >= 0.6 is 23.4 Å². The number of halogens is 1. The molecule has 3 rings (SSSR count). The Morgan fingerprint density at radius 1 is 1.27 bits per heavy atom. The normalized spacial score (nSPS) is 21.8. The van der Waals surface area contributed by atoms with E-state index in [9.17, 15) is 9.59 Å². The molecule has 0 bridgehead atoms. The van der Waals surface area contributed by atoms with E-state index in [1.807, 2.05) is 11.0 Å². The molecule has 1 aromatic rings. The zero-order chi connectivity index (χ0) is 15.5. The second-order valence-corrected chi connectivity index (χ2v) is 7.42. The number of carbonyl (C=O) groups is 2. The van der Waals surface area contributed by atoms with Gasteiger partial charge in [-0.05, 0) is 31.0 Å². The van der Waals surface area contributed by atoms with Gasteiger partial charge in [0.2, 0.25) is 11.8 Å². The third kappa shape index (κ3) is 3.58. The highest BCUT2D eigenvalue weighted by Crippen LogP contribution is 2.38. The summed E-state index contributed by atoms with van der Waals surface area (Å²) in [7, 11) is 0. The van der Waals surface area contributed by atoms with Gasteiger partial charge in [0.25, 0.3) is 0 Å². The Kier molecular flexibility index (Phi) is 4.93. The lowest BCUT2D eigenvalue weighted by atomic mass is 10.2. The van der Waals surface area contributed by atoms with Crippen molar-refractivity contribution in [3.05, 3.63) is 23.2 Å². The van der Waals surface area contributed by atoms with Gasteiger partial charge in [-0.2, -0.15) is 0 Å². The van der Waals surface area contributed by atoms with Crippen molar-refractivity contribution in [2.24, 2.45) is 0 Å². The van der Waals surface area contributed by atoms with Crippen LogP contribution in [-0.2, 0) is 9.59 Å². The van der Waals surface area contributed by atoms with Crippen molar-refractivity contribution in [1.29, 1.82) is 0 Å². The van der Waals surface area contributed by atoms with Gasteiger partial charge in [-0.1, -0.05) is 24.4 Å². The molecule has 0 saturated carbocycles. The van der Waals surface area contributed by atoms with E-state index in [1.165, 1.54) is 24.6 Å². The predicted octanol–water partition coefficient (Wildman–Crippen LogP) is 3.55. The molecule has 1 atom stereocenters. The molecule has 1 aromatic carbocycles. The first-order valence-electron chi connectivity index (χ1n) is 7.68. The van der Waals surface area contributed by atoms with Crippen LogP contribution in [0.4, 0.5) is 5.69 Å². The molecule has 1 fully saturated rings. The van der Waals surface area contributed by atoms with Gasteiger partial charge in [0.1, 0.15) is 0 Å². The first kappa shape index (κ1) is 15.7. The zero-order valence-corrected chi connectivity index (χ0v) is 13.9. The van der Waals surface area contributed by atoms with Crippen LogP contribution in [0.25, 0.3) is 0 Å². The minimum atomic E-state index is -0.357. The van der Waals surface area contributed by atoms with E-state index in [0.29, 0.717) is 5.02 Å². The molecule has 0 aromatic heterocycles. The number of hydrogen-bond acceptors (Lipinski definition) is 3. The van der Waals surface area contributed by atoms with E-state index in [2.05, 4.69) is 5.32 Å². The van der Waals surface area contributed by atoms with Crippen molar-refractivity contribution >= 4 is 40.9 Å². The predicted molar refractivity (Wildman–Crippen MR) is 89.4 cm³/mol. The first-order valence-corrected chi connectivity index (χ1v) is 8.94. The summed E-state index contributed by atoms with van der Waals surface area (Å²) in [6.07, 6.45) is 4.78. The molecule has 2 heterocycles. The number of hydrogen-bond donors (Lipinski definition) is 1. The number of thioether (sulfide) groups is 1. The maximum atomic E-state index is 12.4. The summed E-state index contributed by atoms with van der Waals surface area (Å²) >= 11 is 7.39.